The number of carbonyl (C=O) groups excluding carboxylic acids is 2. The molecule has 2 fully saturated rings. The van der Waals surface area contributed by atoms with Gasteiger partial charge in [0, 0.05) is 25.7 Å². The van der Waals surface area contributed by atoms with E-state index in [9.17, 15) is 19.5 Å². The first kappa shape index (κ1) is 22.4. The topological polar surface area (TPSA) is 114 Å². The first-order chi connectivity index (χ1) is 16.4. The Balaban J connectivity index is 1.19. The van der Waals surface area contributed by atoms with Crippen LogP contribution in [0.15, 0.2) is 48.5 Å². The number of fused-ring (bicyclic) bond motifs is 3. The number of carboxylic acid groups (broad SMARTS) is 1. The molecule has 0 unspecified atom stereocenters. The maximum absolute atomic E-state index is 12.9. The molecule has 1 aliphatic heterocycles. The third kappa shape index (κ3) is 4.03. The van der Waals surface area contributed by atoms with Crippen molar-refractivity contribution in [1.29, 1.82) is 0 Å². The Morgan fingerprint density at radius 1 is 0.941 bits per heavy atom. The van der Waals surface area contributed by atoms with Gasteiger partial charge in [0.15, 0.2) is 0 Å². The van der Waals surface area contributed by atoms with E-state index in [0.29, 0.717) is 38.9 Å². The van der Waals surface area contributed by atoms with Gasteiger partial charge in [-0.25, -0.2) is 4.79 Å². The average Bonchev–Trinajstić information content (AvgIpc) is 3.57. The van der Waals surface area contributed by atoms with Crippen molar-refractivity contribution >= 4 is 18.0 Å². The zero-order valence-corrected chi connectivity index (χ0v) is 18.8. The Morgan fingerprint density at radius 2 is 1.53 bits per heavy atom. The molecule has 3 N–H and O–H groups in total. The lowest BCUT2D eigenvalue weighted by molar-refractivity contribution is -0.154. The number of aliphatic carboxylic acids is 1. The predicted octanol–water partition coefficient (Wildman–Crippen LogP) is 3.06. The van der Waals surface area contributed by atoms with Gasteiger partial charge in [0.1, 0.15) is 12.1 Å². The summed E-state index contributed by atoms with van der Waals surface area (Å²) in [6.07, 6.45) is 1.03. The molecule has 2 amide bonds. The highest BCUT2D eigenvalue weighted by atomic mass is 16.5. The van der Waals surface area contributed by atoms with Gasteiger partial charge in [0.25, 0.3) is 0 Å². The first-order valence-corrected chi connectivity index (χ1v) is 11.7. The Kier molecular flexibility index (Phi) is 5.77. The number of carboxylic acids is 1. The lowest BCUT2D eigenvalue weighted by Gasteiger charge is -2.33. The SMILES string of the molecule is O=C(NC1(C(=O)NCC2(C(=O)O)CCOCC2)CC1)OCC1c2ccccc2-c2ccccc21. The van der Waals surface area contributed by atoms with Gasteiger partial charge in [0.2, 0.25) is 5.91 Å². The fourth-order valence-corrected chi connectivity index (χ4v) is 5.01. The van der Waals surface area contributed by atoms with Crippen molar-refractivity contribution in [2.75, 3.05) is 26.4 Å². The molecule has 178 valence electrons. The van der Waals surface area contributed by atoms with Gasteiger partial charge in [-0.15, -0.1) is 0 Å². The minimum absolute atomic E-state index is 0.0125. The molecule has 0 radical (unpaired) electrons. The Labute approximate surface area is 197 Å². The summed E-state index contributed by atoms with van der Waals surface area (Å²) in [5.74, 6) is -1.37. The van der Waals surface area contributed by atoms with Crippen molar-refractivity contribution in [3.63, 3.8) is 0 Å². The highest BCUT2D eigenvalue weighted by Crippen LogP contribution is 2.44. The normalized spacial score (nSPS) is 19.4. The summed E-state index contributed by atoms with van der Waals surface area (Å²) in [6.45, 7) is 0.884. The molecule has 1 saturated heterocycles. The van der Waals surface area contributed by atoms with E-state index < -0.39 is 23.0 Å². The van der Waals surface area contributed by atoms with Gasteiger partial charge in [-0.1, -0.05) is 48.5 Å². The number of hydrogen-bond acceptors (Lipinski definition) is 5. The molecule has 3 aliphatic rings. The maximum Gasteiger partial charge on any atom is 0.408 e. The molecule has 8 heteroatoms. The van der Waals surface area contributed by atoms with Crippen molar-refractivity contribution < 1.29 is 29.0 Å². The minimum Gasteiger partial charge on any atom is -0.481 e. The second-order valence-electron chi connectivity index (χ2n) is 9.41. The molecule has 2 aromatic rings. The molecule has 8 nitrogen and oxygen atoms in total. The van der Waals surface area contributed by atoms with E-state index in [2.05, 4.69) is 22.8 Å². The monoisotopic (exact) mass is 464 g/mol. The lowest BCUT2D eigenvalue weighted by Crippen LogP contribution is -2.53. The van der Waals surface area contributed by atoms with Crippen LogP contribution in [-0.4, -0.2) is 55.0 Å². The molecule has 0 atom stereocenters. The van der Waals surface area contributed by atoms with Crippen LogP contribution in [0.1, 0.15) is 42.7 Å². The maximum atomic E-state index is 12.9. The van der Waals surface area contributed by atoms with Gasteiger partial charge in [-0.3, -0.25) is 9.59 Å². The number of alkyl carbamates (subject to hydrolysis) is 1. The summed E-state index contributed by atoms with van der Waals surface area (Å²) in [4.78, 5) is 37.3. The standard InChI is InChI=1S/C26H28N2O6/c29-22(27-16-25(23(30)31)11-13-33-14-12-25)26(9-10-26)28-24(32)34-15-21-19-7-3-1-5-17(19)18-6-2-4-8-20(18)21/h1-8,21H,9-16H2,(H,27,29)(H,28,32)(H,30,31). The smallest absolute Gasteiger partial charge is 0.408 e. The van der Waals surface area contributed by atoms with Crippen LogP contribution in [0.5, 0.6) is 0 Å². The van der Waals surface area contributed by atoms with Crippen molar-refractivity contribution in [3.05, 3.63) is 59.7 Å². The fraction of sp³-hybridized carbons (Fsp3) is 0.423. The van der Waals surface area contributed by atoms with Crippen LogP contribution >= 0.6 is 0 Å². The van der Waals surface area contributed by atoms with Crippen molar-refractivity contribution in [1.82, 2.24) is 10.6 Å². The van der Waals surface area contributed by atoms with Gasteiger partial charge in [-0.05, 0) is 47.9 Å². The molecule has 1 heterocycles. The van der Waals surface area contributed by atoms with E-state index in [4.69, 9.17) is 9.47 Å². The Morgan fingerprint density at radius 3 is 2.09 bits per heavy atom. The average molecular weight is 465 g/mol. The van der Waals surface area contributed by atoms with Crippen molar-refractivity contribution in [3.8, 4) is 11.1 Å². The van der Waals surface area contributed by atoms with Crippen LogP contribution < -0.4 is 10.6 Å². The number of nitrogens with one attached hydrogen (secondary N) is 2. The summed E-state index contributed by atoms with van der Waals surface area (Å²) in [5, 5.41) is 15.2. The third-order valence-electron chi connectivity index (χ3n) is 7.36. The second kappa shape index (κ2) is 8.76. The van der Waals surface area contributed by atoms with Crippen LogP contribution in [0.3, 0.4) is 0 Å². The number of carbonyl (C=O) groups is 3. The van der Waals surface area contributed by atoms with Crippen LogP contribution in [0.2, 0.25) is 0 Å². The highest BCUT2D eigenvalue weighted by molar-refractivity contribution is 5.93. The molecule has 1 saturated carbocycles. The van der Waals surface area contributed by atoms with Gasteiger partial charge in [0.05, 0.1) is 5.41 Å². The van der Waals surface area contributed by atoms with Gasteiger partial charge < -0.3 is 25.2 Å². The number of benzene rings is 2. The molecule has 0 spiro atoms. The fourth-order valence-electron chi connectivity index (χ4n) is 5.01. The third-order valence-corrected chi connectivity index (χ3v) is 7.36. The Hall–Kier alpha value is -3.39. The zero-order chi connectivity index (χ0) is 23.8. The first-order valence-electron chi connectivity index (χ1n) is 11.7. The van der Waals surface area contributed by atoms with E-state index in [0.717, 1.165) is 22.3 Å². The van der Waals surface area contributed by atoms with Crippen LogP contribution in [-0.2, 0) is 19.1 Å². The van der Waals surface area contributed by atoms with Gasteiger partial charge >= 0.3 is 12.1 Å². The number of rotatable bonds is 7. The van der Waals surface area contributed by atoms with Crippen LogP contribution in [0.4, 0.5) is 4.79 Å². The summed E-state index contributed by atoms with van der Waals surface area (Å²) < 4.78 is 10.9. The van der Waals surface area contributed by atoms with Crippen molar-refractivity contribution in [2.45, 2.75) is 37.1 Å². The summed E-state index contributed by atoms with van der Waals surface area (Å²) in [7, 11) is 0. The van der Waals surface area contributed by atoms with Crippen molar-refractivity contribution in [2.24, 2.45) is 5.41 Å². The molecule has 2 aliphatic carbocycles. The van der Waals surface area contributed by atoms with E-state index >= 15 is 0 Å². The summed E-state index contributed by atoms with van der Waals surface area (Å²) in [6, 6.07) is 16.2. The number of amides is 2. The molecular weight excluding hydrogens is 436 g/mol. The summed E-state index contributed by atoms with van der Waals surface area (Å²) in [5.41, 5.74) is 2.45. The second-order valence-corrected chi connectivity index (χ2v) is 9.41. The van der Waals surface area contributed by atoms with E-state index in [1.807, 2.05) is 36.4 Å². The molecule has 5 rings (SSSR count). The number of hydrogen-bond donors (Lipinski definition) is 3. The van der Waals surface area contributed by atoms with Crippen LogP contribution in [0.25, 0.3) is 11.1 Å². The highest BCUT2D eigenvalue weighted by Gasteiger charge is 2.52. The molecule has 2 aromatic carbocycles. The van der Waals surface area contributed by atoms with Gasteiger partial charge in [-0.2, -0.15) is 0 Å². The summed E-state index contributed by atoms with van der Waals surface area (Å²) >= 11 is 0. The Bertz CT molecular complexity index is 1070. The minimum atomic E-state index is -1.03. The zero-order valence-electron chi connectivity index (χ0n) is 18.8. The predicted molar refractivity (Wildman–Crippen MR) is 123 cm³/mol. The van der Waals surface area contributed by atoms with E-state index in [1.54, 1.807) is 0 Å². The number of ether oxygens (including phenoxy) is 2. The lowest BCUT2D eigenvalue weighted by atomic mass is 9.80. The van der Waals surface area contributed by atoms with E-state index in [-0.39, 0.29) is 25.0 Å². The molecule has 0 aromatic heterocycles. The quantitative estimate of drug-likeness (QED) is 0.580. The largest absolute Gasteiger partial charge is 0.481 e. The van der Waals surface area contributed by atoms with Crippen LogP contribution in [0, 0.1) is 5.41 Å². The molecular formula is C26H28N2O6. The molecule has 34 heavy (non-hydrogen) atoms. The van der Waals surface area contributed by atoms with E-state index in [1.165, 1.54) is 0 Å². The molecule has 0 bridgehead atoms.